The van der Waals surface area contributed by atoms with Crippen molar-refractivity contribution >= 4 is 31.9 Å². The monoisotopic (exact) mass is 501 g/mol. The number of carbonyl (C=O) groups is 2. The van der Waals surface area contributed by atoms with Gasteiger partial charge in [0.25, 0.3) is 5.91 Å². The van der Waals surface area contributed by atoms with Crippen LogP contribution in [-0.4, -0.2) is 74.0 Å². The first kappa shape index (κ1) is 25.6. The fraction of sp³-hybridized carbons (Fsp3) is 0.619. The maximum absolute atomic E-state index is 13.3. The van der Waals surface area contributed by atoms with Crippen LogP contribution in [0.15, 0.2) is 30.3 Å². The van der Waals surface area contributed by atoms with Crippen molar-refractivity contribution in [3.63, 3.8) is 0 Å². The molecule has 2 aliphatic rings. The molecule has 12 heteroatoms. The molecule has 0 spiro atoms. The summed E-state index contributed by atoms with van der Waals surface area (Å²) in [5.74, 6) is -2.32. The number of carbonyl (C=O) groups excluding carboxylic acids is 1. The zero-order valence-corrected chi connectivity index (χ0v) is 20.2. The molecule has 0 aromatic heterocycles. The number of amides is 1. The van der Waals surface area contributed by atoms with Crippen molar-refractivity contribution in [2.75, 3.05) is 19.3 Å². The van der Waals surface area contributed by atoms with Gasteiger partial charge in [-0.05, 0) is 24.3 Å². The molecule has 1 aliphatic carbocycles. The lowest BCUT2D eigenvalue weighted by atomic mass is 9.82. The van der Waals surface area contributed by atoms with E-state index in [0.29, 0.717) is 5.56 Å². The molecule has 2 N–H and O–H groups in total. The lowest BCUT2D eigenvalue weighted by Gasteiger charge is -2.33. The zero-order chi connectivity index (χ0) is 24.2. The Morgan fingerprint density at radius 2 is 1.64 bits per heavy atom. The standard InChI is InChI=1S/C21H31N3O7S2/c1-32(28,29)23-12-13-24(33(30,31)15-16-8-4-2-5-9-16)21(23)20(27)22-18(14-19(25)26)17-10-6-3-7-11-17/h2,4-5,8-9,17-18,21H,3,6-7,10-15H2,1H3,(H,22,27)(H,25,26). The normalized spacial score (nSPS) is 22.2. The average Bonchev–Trinajstić information content (AvgIpc) is 3.21. The number of benzene rings is 1. The molecular weight excluding hydrogens is 470 g/mol. The molecular formula is C21H31N3O7S2. The van der Waals surface area contributed by atoms with Crippen molar-refractivity contribution in [1.29, 1.82) is 0 Å². The van der Waals surface area contributed by atoms with Gasteiger partial charge in [-0.1, -0.05) is 49.6 Å². The molecule has 2 fully saturated rings. The van der Waals surface area contributed by atoms with E-state index in [1.807, 2.05) is 0 Å². The minimum Gasteiger partial charge on any atom is -0.481 e. The predicted molar refractivity (Wildman–Crippen MR) is 122 cm³/mol. The van der Waals surface area contributed by atoms with E-state index in [2.05, 4.69) is 5.32 Å². The number of hydrogen-bond acceptors (Lipinski definition) is 6. The van der Waals surface area contributed by atoms with Gasteiger partial charge in [0.2, 0.25) is 20.0 Å². The second-order valence-electron chi connectivity index (χ2n) is 8.71. The number of nitrogens with zero attached hydrogens (tertiary/aromatic N) is 2. The summed E-state index contributed by atoms with van der Waals surface area (Å²) in [5.41, 5.74) is 0.514. The summed E-state index contributed by atoms with van der Waals surface area (Å²) in [5, 5.41) is 12.1. The molecule has 184 valence electrons. The number of carboxylic acid groups (broad SMARTS) is 1. The van der Waals surface area contributed by atoms with Gasteiger partial charge in [-0.2, -0.15) is 8.61 Å². The van der Waals surface area contributed by atoms with Gasteiger partial charge in [0, 0.05) is 19.1 Å². The van der Waals surface area contributed by atoms with Crippen LogP contribution in [0.5, 0.6) is 0 Å². The van der Waals surface area contributed by atoms with Crippen LogP contribution in [0.3, 0.4) is 0 Å². The molecule has 1 amide bonds. The van der Waals surface area contributed by atoms with E-state index in [-0.39, 0.29) is 31.2 Å². The highest BCUT2D eigenvalue weighted by Gasteiger charge is 2.48. The van der Waals surface area contributed by atoms with Gasteiger partial charge in [-0.3, -0.25) is 9.59 Å². The zero-order valence-electron chi connectivity index (χ0n) is 18.6. The Kier molecular flexibility index (Phi) is 8.14. The minimum atomic E-state index is -4.03. The molecule has 1 heterocycles. The number of rotatable bonds is 9. The minimum absolute atomic E-state index is 0.0544. The van der Waals surface area contributed by atoms with Gasteiger partial charge in [0.15, 0.2) is 6.17 Å². The van der Waals surface area contributed by atoms with Crippen LogP contribution in [-0.2, 0) is 35.4 Å². The van der Waals surface area contributed by atoms with E-state index >= 15 is 0 Å². The van der Waals surface area contributed by atoms with Crippen LogP contribution in [0.4, 0.5) is 0 Å². The smallest absolute Gasteiger partial charge is 0.305 e. The number of carboxylic acids is 1. The largest absolute Gasteiger partial charge is 0.481 e. The van der Waals surface area contributed by atoms with Gasteiger partial charge >= 0.3 is 5.97 Å². The van der Waals surface area contributed by atoms with E-state index in [9.17, 15) is 31.5 Å². The third-order valence-corrected chi connectivity index (χ3v) is 9.27. The van der Waals surface area contributed by atoms with Gasteiger partial charge < -0.3 is 10.4 Å². The van der Waals surface area contributed by atoms with Crippen molar-refractivity contribution in [3.8, 4) is 0 Å². The molecule has 10 nitrogen and oxygen atoms in total. The van der Waals surface area contributed by atoms with Crippen molar-refractivity contribution < 1.29 is 31.5 Å². The molecule has 1 aliphatic heterocycles. The molecule has 33 heavy (non-hydrogen) atoms. The first-order chi connectivity index (χ1) is 15.5. The third kappa shape index (κ3) is 6.52. The molecule has 2 atom stereocenters. The summed E-state index contributed by atoms with van der Waals surface area (Å²) in [7, 11) is -7.93. The third-order valence-electron chi connectivity index (χ3n) is 6.24. The van der Waals surface area contributed by atoms with Crippen LogP contribution in [0.25, 0.3) is 0 Å². The highest BCUT2D eigenvalue weighted by molar-refractivity contribution is 7.89. The van der Waals surface area contributed by atoms with E-state index in [0.717, 1.165) is 47.0 Å². The number of nitrogens with one attached hydrogen (secondary N) is 1. The number of aliphatic carboxylic acids is 1. The molecule has 0 radical (unpaired) electrons. The van der Waals surface area contributed by atoms with Crippen LogP contribution in [0, 0.1) is 5.92 Å². The molecule has 1 aromatic carbocycles. The molecule has 2 unspecified atom stereocenters. The quantitative estimate of drug-likeness (QED) is 0.513. The lowest BCUT2D eigenvalue weighted by molar-refractivity contribution is -0.138. The summed E-state index contributed by atoms with van der Waals surface area (Å²) in [6.07, 6.45) is 3.44. The van der Waals surface area contributed by atoms with E-state index in [1.165, 1.54) is 0 Å². The van der Waals surface area contributed by atoms with Crippen LogP contribution in [0.2, 0.25) is 0 Å². The number of sulfonamides is 2. The Morgan fingerprint density at radius 3 is 2.21 bits per heavy atom. The van der Waals surface area contributed by atoms with E-state index in [4.69, 9.17) is 0 Å². The van der Waals surface area contributed by atoms with Gasteiger partial charge in [0.1, 0.15) is 0 Å². The van der Waals surface area contributed by atoms with E-state index in [1.54, 1.807) is 30.3 Å². The topological polar surface area (TPSA) is 141 Å². The van der Waals surface area contributed by atoms with Gasteiger partial charge in [0.05, 0.1) is 18.4 Å². The lowest BCUT2D eigenvalue weighted by Crippen LogP contribution is -2.56. The summed E-state index contributed by atoms with van der Waals surface area (Å²) in [4.78, 5) is 24.8. The fourth-order valence-corrected chi connectivity index (χ4v) is 7.37. The van der Waals surface area contributed by atoms with Crippen molar-refractivity contribution in [3.05, 3.63) is 35.9 Å². The van der Waals surface area contributed by atoms with Gasteiger partial charge in [-0.15, -0.1) is 0 Å². The Labute approximate surface area is 195 Å². The van der Waals surface area contributed by atoms with Crippen LogP contribution in [0.1, 0.15) is 44.1 Å². The Morgan fingerprint density at radius 1 is 1.03 bits per heavy atom. The highest BCUT2D eigenvalue weighted by Crippen LogP contribution is 2.29. The highest BCUT2D eigenvalue weighted by atomic mass is 32.2. The fourth-order valence-electron chi connectivity index (χ4n) is 4.67. The maximum atomic E-state index is 13.3. The first-order valence-corrected chi connectivity index (χ1v) is 14.5. The Balaban J connectivity index is 1.88. The molecule has 1 saturated carbocycles. The first-order valence-electron chi connectivity index (χ1n) is 11.0. The summed E-state index contributed by atoms with van der Waals surface area (Å²) in [6, 6.07) is 7.73. The van der Waals surface area contributed by atoms with Crippen molar-refractivity contribution in [2.24, 2.45) is 5.92 Å². The Hall–Kier alpha value is -2.02. The summed E-state index contributed by atoms with van der Waals surface area (Å²) < 4.78 is 52.9. The van der Waals surface area contributed by atoms with Crippen molar-refractivity contribution in [1.82, 2.24) is 13.9 Å². The SMILES string of the molecule is CS(=O)(=O)N1CCN(S(=O)(=O)Cc2ccccc2)C1C(=O)NC(CC(=O)O)C1CCCCC1. The average molecular weight is 502 g/mol. The summed E-state index contributed by atoms with van der Waals surface area (Å²) in [6.45, 7) is -0.314. The van der Waals surface area contributed by atoms with Crippen LogP contribution >= 0.6 is 0 Å². The van der Waals surface area contributed by atoms with Crippen LogP contribution < -0.4 is 5.32 Å². The molecule has 1 saturated heterocycles. The van der Waals surface area contributed by atoms with E-state index < -0.39 is 44.1 Å². The molecule has 3 rings (SSSR count). The second kappa shape index (κ2) is 10.5. The predicted octanol–water partition coefficient (Wildman–Crippen LogP) is 0.960. The van der Waals surface area contributed by atoms with Crippen molar-refractivity contribution in [2.45, 2.75) is 56.5 Å². The molecule has 1 aromatic rings. The summed E-state index contributed by atoms with van der Waals surface area (Å²) >= 11 is 0. The number of hydrogen-bond donors (Lipinski definition) is 2. The maximum Gasteiger partial charge on any atom is 0.305 e. The second-order valence-corrected chi connectivity index (χ2v) is 12.6. The molecule has 0 bridgehead atoms. The van der Waals surface area contributed by atoms with Gasteiger partial charge in [-0.25, -0.2) is 16.8 Å². The Bertz CT molecular complexity index is 1050.